The summed E-state index contributed by atoms with van der Waals surface area (Å²) in [6.45, 7) is 5.47. The molecule has 0 spiro atoms. The van der Waals surface area contributed by atoms with Gasteiger partial charge in [0.25, 0.3) is 0 Å². The number of allylic oxidation sites excluding steroid dienone is 1. The second-order valence-corrected chi connectivity index (χ2v) is 12.7. The number of para-hydroxylation sites is 1. The van der Waals surface area contributed by atoms with Crippen LogP contribution in [0.5, 0.6) is 0 Å². The smallest absolute Gasteiger partial charge is 0.303 e. The second-order valence-electron chi connectivity index (χ2n) is 11.1. The normalized spacial score (nSPS) is 15.3. The molecule has 0 aromatic heterocycles. The van der Waals surface area contributed by atoms with Crippen molar-refractivity contribution in [3.63, 3.8) is 0 Å². The number of hydrogen-bond donors (Lipinski definition) is 1. The predicted molar refractivity (Wildman–Crippen MR) is 156 cm³/mol. The van der Waals surface area contributed by atoms with Crippen molar-refractivity contribution < 1.29 is 27.3 Å². The zero-order valence-electron chi connectivity index (χ0n) is 23.4. The molecule has 0 saturated carbocycles. The highest BCUT2D eigenvalue weighted by Crippen LogP contribution is 2.42. The molecule has 2 aliphatic carbocycles. The molecule has 0 bridgehead atoms. The number of anilines is 1. The monoisotopic (exact) mass is 566 g/mol. The Hall–Kier alpha value is -3.43. The number of fused-ring (bicyclic) bond motifs is 2. The number of aliphatic carboxylic acids is 1. The minimum Gasteiger partial charge on any atom is -0.748 e. The van der Waals surface area contributed by atoms with E-state index in [0.717, 1.165) is 58.7 Å². The van der Waals surface area contributed by atoms with Gasteiger partial charge in [-0.3, -0.25) is 4.79 Å². The van der Waals surface area contributed by atoms with Gasteiger partial charge in [-0.25, -0.2) is 13.0 Å². The summed E-state index contributed by atoms with van der Waals surface area (Å²) < 4.78 is 42.1. The van der Waals surface area contributed by atoms with E-state index in [1.165, 1.54) is 0 Å². The maximum absolute atomic E-state index is 11.2. The van der Waals surface area contributed by atoms with Gasteiger partial charge in [0.05, 0.1) is 16.2 Å². The lowest BCUT2D eigenvalue weighted by Crippen LogP contribution is -2.33. The first-order chi connectivity index (χ1) is 18.9. The molecule has 214 valence electrons. The molecule has 0 saturated heterocycles. The molecule has 0 fully saturated rings. The Bertz CT molecular complexity index is 1520. The molecule has 1 aromatic carbocycles. The number of benzene rings is 2. The Morgan fingerprint density at radius 3 is 2.48 bits per heavy atom. The van der Waals surface area contributed by atoms with E-state index in [0.29, 0.717) is 19.5 Å². The van der Waals surface area contributed by atoms with Crippen LogP contribution in [-0.2, 0) is 20.3 Å². The standard InChI is InChI=1S/C31H38N2O6S/c1-31(2)22-26(32(3)24-11-6-4-7-12-24)21-29-27(31)19-23-14-15-25(20-28(23)39-29)33(17-10-18-40(36,37)38)16-9-5-8-13-30(34)35/h4,6-7,11-12,14-15,19-21H,5,8-10,13,16-18,22H2,1-3H3,(H-,34,35,36,37,38). The van der Waals surface area contributed by atoms with Crippen molar-refractivity contribution in [2.45, 2.75) is 57.8 Å². The molecule has 1 heterocycles. The van der Waals surface area contributed by atoms with E-state index in [2.05, 4.69) is 54.6 Å². The van der Waals surface area contributed by atoms with Gasteiger partial charge in [-0.15, -0.1) is 0 Å². The highest BCUT2D eigenvalue weighted by molar-refractivity contribution is 7.85. The number of unbranched alkanes of at least 4 members (excludes halogenated alkanes) is 2. The van der Waals surface area contributed by atoms with Crippen molar-refractivity contribution in [2.24, 2.45) is 0 Å². The van der Waals surface area contributed by atoms with Gasteiger partial charge >= 0.3 is 5.97 Å². The van der Waals surface area contributed by atoms with Gasteiger partial charge in [0.1, 0.15) is 24.6 Å². The Kier molecular flexibility index (Phi) is 9.15. The molecule has 4 rings (SSSR count). The van der Waals surface area contributed by atoms with Crippen LogP contribution < -0.4 is 14.8 Å². The summed E-state index contributed by atoms with van der Waals surface area (Å²) in [4.78, 5) is 13.0. The zero-order valence-corrected chi connectivity index (χ0v) is 24.2. The van der Waals surface area contributed by atoms with Crippen LogP contribution in [-0.4, -0.2) is 49.9 Å². The van der Waals surface area contributed by atoms with Crippen LogP contribution >= 0.6 is 0 Å². The molecular weight excluding hydrogens is 528 g/mol. The average Bonchev–Trinajstić information content (AvgIpc) is 2.89. The fraction of sp³-hybridized carbons (Fsp3) is 0.419. The fourth-order valence-electron chi connectivity index (χ4n) is 5.30. The average molecular weight is 567 g/mol. The van der Waals surface area contributed by atoms with Crippen molar-refractivity contribution in [2.75, 3.05) is 30.8 Å². The van der Waals surface area contributed by atoms with Crippen molar-refractivity contribution >= 4 is 27.9 Å². The maximum Gasteiger partial charge on any atom is 0.303 e. The Labute approximate surface area is 236 Å². The first kappa shape index (κ1) is 29.6. The molecule has 0 radical (unpaired) electrons. The lowest BCUT2D eigenvalue weighted by Gasteiger charge is -2.36. The van der Waals surface area contributed by atoms with Crippen LogP contribution in [0.2, 0.25) is 0 Å². The quantitative estimate of drug-likeness (QED) is 0.189. The van der Waals surface area contributed by atoms with E-state index in [-0.39, 0.29) is 18.3 Å². The van der Waals surface area contributed by atoms with Gasteiger partial charge < -0.3 is 19.0 Å². The fourth-order valence-corrected chi connectivity index (χ4v) is 5.79. The third-order valence-electron chi connectivity index (χ3n) is 7.51. The summed E-state index contributed by atoms with van der Waals surface area (Å²) in [7, 11) is -2.23. The summed E-state index contributed by atoms with van der Waals surface area (Å²) in [5.74, 6) is 0.300. The van der Waals surface area contributed by atoms with Crippen molar-refractivity contribution in [3.8, 4) is 11.3 Å². The van der Waals surface area contributed by atoms with Gasteiger partial charge in [0, 0.05) is 66.7 Å². The molecule has 1 aromatic rings. The number of carboxylic acid groups (broad SMARTS) is 1. The lowest BCUT2D eigenvalue weighted by atomic mass is 9.75. The van der Waals surface area contributed by atoms with Crippen LogP contribution in [0.15, 0.2) is 64.7 Å². The molecule has 8 nitrogen and oxygen atoms in total. The first-order valence-electron chi connectivity index (χ1n) is 13.7. The number of hydrogen-bond acceptors (Lipinski definition) is 6. The van der Waals surface area contributed by atoms with Crippen molar-refractivity contribution in [1.82, 2.24) is 4.58 Å². The van der Waals surface area contributed by atoms with Crippen LogP contribution in [0, 0.1) is 0 Å². The summed E-state index contributed by atoms with van der Waals surface area (Å²) >= 11 is 0. The number of nitrogens with zero attached hydrogens (tertiary/aromatic N) is 2. The first-order valence-corrected chi connectivity index (χ1v) is 15.3. The third-order valence-corrected chi connectivity index (χ3v) is 8.30. The minimum atomic E-state index is -4.30. The summed E-state index contributed by atoms with van der Waals surface area (Å²) in [6.07, 6.45) is 5.39. The number of carbonyl (C=O) groups is 1. The molecule has 3 aliphatic rings. The van der Waals surface area contributed by atoms with E-state index >= 15 is 0 Å². The van der Waals surface area contributed by atoms with Crippen molar-refractivity contribution in [3.05, 3.63) is 77.0 Å². The summed E-state index contributed by atoms with van der Waals surface area (Å²) in [5, 5.41) is 9.77. The molecule has 0 unspecified atom stereocenters. The second kappa shape index (κ2) is 12.4. The Balaban J connectivity index is 1.70. The molecule has 9 heteroatoms. The molecule has 0 amide bonds. The SMILES string of the molecule is CN(C1=Cc2oc3cc(=[N+](CCCCCC(=O)O)CCCS(=O)(=O)[O-])ccc-3cc2C(C)(C)C1)c1ccccc1. The molecule has 0 atom stereocenters. The van der Waals surface area contributed by atoms with Gasteiger partial charge in [-0.1, -0.05) is 32.0 Å². The van der Waals surface area contributed by atoms with Gasteiger partial charge in [0.15, 0.2) is 0 Å². The summed E-state index contributed by atoms with van der Waals surface area (Å²) in [6, 6.07) is 18.4. The Morgan fingerprint density at radius 2 is 1.77 bits per heavy atom. The highest BCUT2D eigenvalue weighted by atomic mass is 32.2. The topological polar surface area (TPSA) is 114 Å². The largest absolute Gasteiger partial charge is 0.748 e. The predicted octanol–water partition coefficient (Wildman–Crippen LogP) is 4.90. The molecular formula is C31H38N2O6S. The lowest BCUT2D eigenvalue weighted by molar-refractivity contribution is -0.137. The number of rotatable bonds is 12. The third kappa shape index (κ3) is 7.61. The highest BCUT2D eigenvalue weighted by Gasteiger charge is 2.33. The van der Waals surface area contributed by atoms with E-state index < -0.39 is 21.8 Å². The van der Waals surface area contributed by atoms with Gasteiger partial charge in [-0.2, -0.15) is 0 Å². The van der Waals surface area contributed by atoms with E-state index in [1.807, 2.05) is 36.4 Å². The maximum atomic E-state index is 11.2. The molecule has 1 aliphatic heterocycles. The van der Waals surface area contributed by atoms with Gasteiger partial charge in [-0.05, 0) is 48.9 Å². The van der Waals surface area contributed by atoms with Crippen LogP contribution in [0.25, 0.3) is 17.4 Å². The van der Waals surface area contributed by atoms with Crippen LogP contribution in [0.1, 0.15) is 63.7 Å². The van der Waals surface area contributed by atoms with Crippen LogP contribution in [0.3, 0.4) is 0 Å². The van der Waals surface area contributed by atoms with Gasteiger partial charge in [0.2, 0.25) is 5.36 Å². The van der Waals surface area contributed by atoms with Crippen LogP contribution in [0.4, 0.5) is 5.69 Å². The number of carboxylic acids is 1. The van der Waals surface area contributed by atoms with E-state index in [9.17, 15) is 17.8 Å². The zero-order chi connectivity index (χ0) is 28.9. The minimum absolute atomic E-state index is 0.125. The molecule has 40 heavy (non-hydrogen) atoms. The van der Waals surface area contributed by atoms with E-state index in [1.54, 1.807) is 0 Å². The van der Waals surface area contributed by atoms with E-state index in [4.69, 9.17) is 9.52 Å². The molecule has 1 N–H and O–H groups in total. The van der Waals surface area contributed by atoms with Crippen molar-refractivity contribution in [1.29, 1.82) is 0 Å². The summed E-state index contributed by atoms with van der Waals surface area (Å²) in [5.41, 5.74) is 4.26. The Morgan fingerprint density at radius 1 is 1.05 bits per heavy atom.